The van der Waals surface area contributed by atoms with Gasteiger partial charge in [-0.25, -0.2) is 0 Å². The summed E-state index contributed by atoms with van der Waals surface area (Å²) in [5.41, 5.74) is 1.42. The van der Waals surface area contributed by atoms with Crippen LogP contribution in [0.1, 0.15) is 15.9 Å². The molecule has 0 atom stereocenters. The van der Waals surface area contributed by atoms with Crippen LogP contribution in [-0.4, -0.2) is 37.0 Å². The topological polar surface area (TPSA) is 74.6 Å². The second kappa shape index (κ2) is 9.18. The maximum atomic E-state index is 12.6. The van der Waals surface area contributed by atoms with Crippen molar-refractivity contribution in [2.45, 2.75) is 11.4 Å². The summed E-state index contributed by atoms with van der Waals surface area (Å²) in [6.07, 6.45) is 3.59. The number of ether oxygens (including phenoxy) is 3. The number of benzene rings is 2. The molecule has 0 radical (unpaired) electrons. The summed E-state index contributed by atoms with van der Waals surface area (Å²) in [5.74, 6) is 1.62. The lowest BCUT2D eigenvalue weighted by atomic mass is 10.1. The summed E-state index contributed by atoms with van der Waals surface area (Å²) in [6.45, 7) is 0.561. The molecule has 0 saturated heterocycles. The largest absolute Gasteiger partial charge is 0.496 e. The molecule has 0 spiro atoms. The van der Waals surface area contributed by atoms with Crippen molar-refractivity contribution in [2.75, 3.05) is 21.3 Å². The molecule has 1 amide bonds. The molecule has 0 bridgehead atoms. The van der Waals surface area contributed by atoms with E-state index in [4.69, 9.17) is 14.2 Å². The van der Waals surface area contributed by atoms with Gasteiger partial charge in [0.2, 0.25) is 0 Å². The van der Waals surface area contributed by atoms with Crippen LogP contribution in [0.2, 0.25) is 0 Å². The summed E-state index contributed by atoms with van der Waals surface area (Å²) in [5, 5.41) is 4.19. The van der Waals surface area contributed by atoms with E-state index in [0.29, 0.717) is 34.3 Å². The lowest BCUT2D eigenvalue weighted by Gasteiger charge is -2.13. The van der Waals surface area contributed by atoms with Gasteiger partial charge in [0.25, 0.3) is 5.91 Å². The lowest BCUT2D eigenvalue weighted by molar-refractivity contribution is 0.0984. The monoisotopic (exact) mass is 399 g/mol. The Balaban J connectivity index is 1.74. The van der Waals surface area contributed by atoms with E-state index in [1.165, 1.54) is 0 Å². The Morgan fingerprint density at radius 1 is 1.04 bits per heavy atom. The predicted octanol–water partition coefficient (Wildman–Crippen LogP) is 3.39. The minimum Gasteiger partial charge on any atom is -0.496 e. The van der Waals surface area contributed by atoms with Crippen molar-refractivity contribution in [2.24, 2.45) is 0 Å². The Bertz CT molecular complexity index is 922. The molecule has 28 heavy (non-hydrogen) atoms. The van der Waals surface area contributed by atoms with Crippen LogP contribution < -0.4 is 18.9 Å². The molecule has 0 saturated carbocycles. The summed E-state index contributed by atoms with van der Waals surface area (Å²) >= 11 is 1.14. The van der Waals surface area contributed by atoms with Gasteiger partial charge < -0.3 is 14.2 Å². The van der Waals surface area contributed by atoms with Crippen molar-refractivity contribution < 1.29 is 19.0 Å². The molecule has 0 unspecified atom stereocenters. The van der Waals surface area contributed by atoms with E-state index in [0.717, 1.165) is 17.5 Å². The number of nitrogens with zero attached hydrogens (tertiary/aromatic N) is 2. The Morgan fingerprint density at radius 3 is 2.36 bits per heavy atom. The second-order valence-corrected chi connectivity index (χ2v) is 6.57. The molecule has 1 N–H and O–H groups in total. The number of rotatable bonds is 8. The summed E-state index contributed by atoms with van der Waals surface area (Å²) in [6, 6.07) is 12.6. The van der Waals surface area contributed by atoms with E-state index in [-0.39, 0.29) is 5.91 Å². The van der Waals surface area contributed by atoms with Gasteiger partial charge in [0.05, 0.1) is 27.9 Å². The fourth-order valence-electron chi connectivity index (χ4n) is 2.66. The molecule has 0 fully saturated rings. The van der Waals surface area contributed by atoms with Crippen LogP contribution in [0.15, 0.2) is 59.8 Å². The molecular formula is C20H21N3O4S. The standard InChI is InChI=1S/C20H21N3O4S/c1-25-16-6-4-7-17(26-2)19(16)28-22-20(24)14-8-9-15(18(12-14)27-3)13-23-11-5-10-21-23/h4-12H,13H2,1-3H3,(H,22,24). The van der Waals surface area contributed by atoms with E-state index >= 15 is 0 Å². The fourth-order valence-corrected chi connectivity index (χ4v) is 3.48. The number of hydrogen-bond donors (Lipinski definition) is 1. The quantitative estimate of drug-likeness (QED) is 0.585. The van der Waals surface area contributed by atoms with Gasteiger partial charge in [-0.3, -0.25) is 14.2 Å². The van der Waals surface area contributed by atoms with Crippen molar-refractivity contribution in [3.63, 3.8) is 0 Å². The molecule has 1 heterocycles. The van der Waals surface area contributed by atoms with Crippen molar-refractivity contribution in [3.8, 4) is 17.2 Å². The number of nitrogens with one attached hydrogen (secondary N) is 1. The Hall–Kier alpha value is -3.13. The van der Waals surface area contributed by atoms with E-state index in [1.807, 2.05) is 36.5 Å². The highest BCUT2D eigenvalue weighted by atomic mass is 32.2. The van der Waals surface area contributed by atoms with Crippen LogP contribution in [0.5, 0.6) is 17.2 Å². The summed E-state index contributed by atoms with van der Waals surface area (Å²) < 4.78 is 20.8. The van der Waals surface area contributed by atoms with Crippen LogP contribution in [0.3, 0.4) is 0 Å². The Morgan fingerprint density at radius 2 is 1.75 bits per heavy atom. The Labute approximate surface area is 167 Å². The first-order valence-electron chi connectivity index (χ1n) is 8.48. The summed E-state index contributed by atoms with van der Waals surface area (Å²) in [7, 11) is 4.73. The van der Waals surface area contributed by atoms with Crippen molar-refractivity contribution in [1.29, 1.82) is 0 Å². The SMILES string of the molecule is COc1cc(C(=O)NSc2c(OC)cccc2OC)ccc1Cn1cccn1. The molecule has 3 rings (SSSR count). The molecule has 3 aromatic rings. The van der Waals surface area contributed by atoms with E-state index in [1.54, 1.807) is 44.3 Å². The van der Waals surface area contributed by atoms with Crippen molar-refractivity contribution >= 4 is 17.9 Å². The second-order valence-electron chi connectivity index (χ2n) is 5.76. The van der Waals surface area contributed by atoms with Gasteiger partial charge in [0.15, 0.2) is 0 Å². The van der Waals surface area contributed by atoms with Crippen molar-refractivity contribution in [1.82, 2.24) is 14.5 Å². The van der Waals surface area contributed by atoms with Gasteiger partial charge in [0.1, 0.15) is 22.1 Å². The van der Waals surface area contributed by atoms with E-state index in [9.17, 15) is 4.79 Å². The molecule has 146 valence electrons. The summed E-state index contributed by atoms with van der Waals surface area (Å²) in [4.78, 5) is 13.3. The van der Waals surface area contributed by atoms with Gasteiger partial charge in [-0.1, -0.05) is 12.1 Å². The third kappa shape index (κ3) is 4.40. The number of carbonyl (C=O) groups is 1. The molecule has 8 heteroatoms. The molecule has 1 aromatic heterocycles. The number of aromatic nitrogens is 2. The third-order valence-corrected chi connectivity index (χ3v) is 4.96. The van der Waals surface area contributed by atoms with Crippen LogP contribution in [0.4, 0.5) is 0 Å². The molecule has 7 nitrogen and oxygen atoms in total. The van der Waals surface area contributed by atoms with Gasteiger partial charge in [-0.15, -0.1) is 0 Å². The van der Waals surface area contributed by atoms with Gasteiger partial charge in [-0.05, 0) is 42.3 Å². The average Bonchev–Trinajstić information content (AvgIpc) is 3.25. The van der Waals surface area contributed by atoms with Gasteiger partial charge >= 0.3 is 0 Å². The average molecular weight is 399 g/mol. The zero-order chi connectivity index (χ0) is 19.9. The predicted molar refractivity (Wildman–Crippen MR) is 107 cm³/mol. The minimum atomic E-state index is -0.248. The fraction of sp³-hybridized carbons (Fsp3) is 0.200. The first kappa shape index (κ1) is 19.6. The molecule has 0 aliphatic rings. The zero-order valence-electron chi connectivity index (χ0n) is 15.8. The van der Waals surface area contributed by atoms with E-state index < -0.39 is 0 Å². The van der Waals surface area contributed by atoms with E-state index in [2.05, 4.69) is 9.82 Å². The third-order valence-electron chi connectivity index (χ3n) is 4.07. The first-order chi connectivity index (χ1) is 13.7. The first-order valence-corrected chi connectivity index (χ1v) is 9.30. The van der Waals surface area contributed by atoms with Crippen LogP contribution in [0, 0.1) is 0 Å². The highest BCUT2D eigenvalue weighted by molar-refractivity contribution is 7.98. The highest BCUT2D eigenvalue weighted by Crippen LogP contribution is 2.36. The van der Waals surface area contributed by atoms with Crippen LogP contribution >= 0.6 is 11.9 Å². The van der Waals surface area contributed by atoms with Crippen molar-refractivity contribution in [3.05, 3.63) is 66.0 Å². The smallest absolute Gasteiger partial charge is 0.261 e. The number of carbonyl (C=O) groups excluding carboxylic acids is 1. The van der Waals surface area contributed by atoms with Crippen LogP contribution in [0.25, 0.3) is 0 Å². The number of amides is 1. The lowest BCUT2D eigenvalue weighted by Crippen LogP contribution is -2.16. The maximum Gasteiger partial charge on any atom is 0.261 e. The van der Waals surface area contributed by atoms with Crippen LogP contribution in [-0.2, 0) is 6.54 Å². The Kier molecular flexibility index (Phi) is 6.44. The van der Waals surface area contributed by atoms with Gasteiger partial charge in [-0.2, -0.15) is 5.10 Å². The maximum absolute atomic E-state index is 12.6. The molecule has 0 aliphatic carbocycles. The normalized spacial score (nSPS) is 10.4. The minimum absolute atomic E-state index is 0.248. The molecule has 0 aliphatic heterocycles. The molecular weight excluding hydrogens is 378 g/mol. The highest BCUT2D eigenvalue weighted by Gasteiger charge is 2.15. The number of hydrogen-bond acceptors (Lipinski definition) is 6. The molecule has 2 aromatic carbocycles. The zero-order valence-corrected chi connectivity index (χ0v) is 16.7. The number of methoxy groups -OCH3 is 3. The van der Waals surface area contributed by atoms with Gasteiger partial charge in [0, 0.05) is 23.5 Å².